The number of carbonyl (C=O) groups excluding carboxylic acids is 4. The summed E-state index contributed by atoms with van der Waals surface area (Å²) in [5.74, 6) is -4.07. The van der Waals surface area contributed by atoms with Crippen molar-refractivity contribution >= 4 is 29.6 Å². The van der Waals surface area contributed by atoms with E-state index in [1.165, 1.54) is 24.3 Å². The van der Waals surface area contributed by atoms with Crippen LogP contribution in [0.1, 0.15) is 0 Å². The Hall–Kier alpha value is -3.02. The number of carboxylic acid groups (broad SMARTS) is 1. The monoisotopic (exact) mass is 325 g/mol. The van der Waals surface area contributed by atoms with Crippen LogP contribution in [0.25, 0.3) is 0 Å². The number of aliphatic carboxylic acids is 1. The van der Waals surface area contributed by atoms with Gasteiger partial charge in [0.15, 0.2) is 0 Å². The number of alkyl halides is 3. The minimum absolute atomic E-state index is 0. The normalized spacial score (nSPS) is 14.9. The van der Waals surface area contributed by atoms with Gasteiger partial charge < -0.3 is 11.3 Å². The van der Waals surface area contributed by atoms with Gasteiger partial charge in [-0.15, -0.1) is 0 Å². The summed E-state index contributed by atoms with van der Waals surface area (Å²) in [4.78, 5) is 49.0. The lowest BCUT2D eigenvalue weighted by Gasteiger charge is -1.93. The molecular formula is C10H10F3N3O6. The summed E-state index contributed by atoms with van der Waals surface area (Å²) in [5.41, 5.74) is 0. The Morgan fingerprint density at radius 3 is 1.05 bits per heavy atom. The molecule has 12 heteroatoms. The minimum atomic E-state index is -5.08. The van der Waals surface area contributed by atoms with Crippen LogP contribution in [0, 0.1) is 0 Å². The molecule has 0 fully saturated rings. The van der Waals surface area contributed by atoms with Crippen molar-refractivity contribution in [1.82, 2.24) is 16.8 Å². The summed E-state index contributed by atoms with van der Waals surface area (Å²) in [5, 5.41) is 11.2. The molecule has 22 heavy (non-hydrogen) atoms. The molecule has 0 radical (unpaired) electrons. The van der Waals surface area contributed by atoms with Crippen molar-refractivity contribution in [2.24, 2.45) is 0 Å². The number of amides is 4. The van der Waals surface area contributed by atoms with E-state index in [-0.39, 0.29) is 29.8 Å². The van der Waals surface area contributed by atoms with Crippen LogP contribution < -0.4 is 16.8 Å². The van der Waals surface area contributed by atoms with Crippen molar-refractivity contribution in [2.45, 2.75) is 6.18 Å². The summed E-state index contributed by atoms with van der Waals surface area (Å²) in [6.07, 6.45) is -0.296. The van der Waals surface area contributed by atoms with E-state index < -0.39 is 12.1 Å². The van der Waals surface area contributed by atoms with E-state index in [0.717, 1.165) is 0 Å². The lowest BCUT2D eigenvalue weighted by molar-refractivity contribution is -0.192. The molecule has 6 N–H and O–H groups in total. The van der Waals surface area contributed by atoms with Gasteiger partial charge in [-0.1, -0.05) is 0 Å². The molecule has 4 amide bonds. The van der Waals surface area contributed by atoms with Gasteiger partial charge in [0.1, 0.15) is 0 Å². The average Bonchev–Trinajstić information content (AvgIpc) is 2.88. The first kappa shape index (κ1) is 21.3. The smallest absolute Gasteiger partial charge is 0.475 e. The molecule has 2 rings (SSSR count). The zero-order valence-corrected chi connectivity index (χ0v) is 10.6. The molecule has 122 valence electrons. The number of hydrogen-bond donors (Lipinski definition) is 4. The molecule has 0 aliphatic carbocycles. The molecular weight excluding hydrogens is 315 g/mol. The van der Waals surface area contributed by atoms with Crippen LogP contribution in [-0.2, 0) is 24.0 Å². The highest BCUT2D eigenvalue weighted by Crippen LogP contribution is 2.13. The molecule has 0 bridgehead atoms. The summed E-state index contributed by atoms with van der Waals surface area (Å²) in [6, 6.07) is 0. The lowest BCUT2D eigenvalue weighted by Crippen LogP contribution is -2.21. The Morgan fingerprint density at radius 2 is 1.00 bits per heavy atom. The van der Waals surface area contributed by atoms with Crippen molar-refractivity contribution in [2.75, 3.05) is 0 Å². The van der Waals surface area contributed by atoms with Crippen LogP contribution >= 0.6 is 0 Å². The second-order valence-electron chi connectivity index (χ2n) is 3.18. The number of imide groups is 2. The Bertz CT molecular complexity index is 471. The molecule has 0 saturated carbocycles. The second-order valence-corrected chi connectivity index (χ2v) is 3.18. The van der Waals surface area contributed by atoms with E-state index in [9.17, 15) is 32.3 Å². The van der Waals surface area contributed by atoms with Crippen molar-refractivity contribution in [3.8, 4) is 0 Å². The second kappa shape index (κ2) is 9.02. The highest BCUT2D eigenvalue weighted by Gasteiger charge is 2.38. The topological polar surface area (TPSA) is 165 Å². The molecule has 0 saturated heterocycles. The van der Waals surface area contributed by atoms with Crippen molar-refractivity contribution in [3.63, 3.8) is 0 Å². The zero-order valence-electron chi connectivity index (χ0n) is 10.6. The number of rotatable bonds is 0. The Morgan fingerprint density at radius 1 is 0.818 bits per heavy atom. The molecule has 9 nitrogen and oxygen atoms in total. The highest BCUT2D eigenvalue weighted by atomic mass is 19.4. The van der Waals surface area contributed by atoms with Gasteiger partial charge in [-0.05, 0) is 0 Å². The third kappa shape index (κ3) is 9.85. The number of nitrogens with one attached hydrogen (secondary N) is 2. The molecule has 0 aromatic carbocycles. The van der Waals surface area contributed by atoms with Gasteiger partial charge >= 0.3 is 12.1 Å². The van der Waals surface area contributed by atoms with Crippen LogP contribution in [0.4, 0.5) is 13.2 Å². The van der Waals surface area contributed by atoms with Gasteiger partial charge in [0.05, 0.1) is 0 Å². The molecule has 0 spiro atoms. The number of carbonyl (C=O) groups is 5. The molecule has 2 heterocycles. The van der Waals surface area contributed by atoms with E-state index in [2.05, 4.69) is 0 Å². The predicted molar refractivity (Wildman–Crippen MR) is 63.3 cm³/mol. The Balaban J connectivity index is 0. The zero-order chi connectivity index (χ0) is 16.6. The first-order chi connectivity index (χ1) is 9.52. The third-order valence-electron chi connectivity index (χ3n) is 1.51. The molecule has 2 aliphatic heterocycles. The van der Waals surface area contributed by atoms with Gasteiger partial charge in [0.2, 0.25) is 0 Å². The summed E-state index contributed by atoms with van der Waals surface area (Å²) in [6.45, 7) is 0. The van der Waals surface area contributed by atoms with Crippen molar-refractivity contribution < 1.29 is 42.3 Å². The number of halogens is 3. The fraction of sp³-hybridized carbons (Fsp3) is 0.100. The van der Waals surface area contributed by atoms with E-state index >= 15 is 0 Å². The van der Waals surface area contributed by atoms with Crippen LogP contribution in [0.2, 0.25) is 0 Å². The lowest BCUT2D eigenvalue weighted by atomic mass is 10.6. The van der Waals surface area contributed by atoms with Crippen LogP contribution in [0.3, 0.4) is 0 Å². The van der Waals surface area contributed by atoms with Gasteiger partial charge in [0, 0.05) is 24.3 Å². The molecule has 0 unspecified atom stereocenters. The standard InChI is InChI=1S/2C4H3NO2.C2HF3O2.H3N/c2*6-3-1-2-4(7)5-3;3-2(4,5)1(6)7;/h2*1-2H,(H,5,6,7);(H,6,7);1H3. The largest absolute Gasteiger partial charge is 0.490 e. The van der Waals surface area contributed by atoms with E-state index in [4.69, 9.17) is 9.90 Å². The maximum atomic E-state index is 10.6. The maximum Gasteiger partial charge on any atom is 0.490 e. The number of hydrogen-bond acceptors (Lipinski definition) is 6. The highest BCUT2D eigenvalue weighted by molar-refractivity contribution is 6.13. The van der Waals surface area contributed by atoms with Crippen molar-refractivity contribution in [3.05, 3.63) is 24.3 Å². The quantitative estimate of drug-likeness (QED) is 0.423. The summed E-state index contributed by atoms with van der Waals surface area (Å²) < 4.78 is 31.7. The minimum Gasteiger partial charge on any atom is -0.475 e. The van der Waals surface area contributed by atoms with E-state index in [0.29, 0.717) is 0 Å². The third-order valence-corrected chi connectivity index (χ3v) is 1.51. The van der Waals surface area contributed by atoms with Crippen LogP contribution in [0.5, 0.6) is 0 Å². The van der Waals surface area contributed by atoms with Crippen LogP contribution in [-0.4, -0.2) is 40.9 Å². The molecule has 0 atom stereocenters. The molecule has 0 aromatic rings. The van der Waals surface area contributed by atoms with Gasteiger partial charge in [-0.25, -0.2) is 4.79 Å². The average molecular weight is 325 g/mol. The summed E-state index contributed by atoms with van der Waals surface area (Å²) >= 11 is 0. The van der Waals surface area contributed by atoms with E-state index in [1.807, 2.05) is 10.6 Å². The number of carboxylic acids is 1. The van der Waals surface area contributed by atoms with Gasteiger partial charge in [-0.3, -0.25) is 29.8 Å². The SMILES string of the molecule is N.O=C(O)C(F)(F)F.O=C1C=CC(=O)N1.O=C1C=CC(=O)N1. The fourth-order valence-corrected chi connectivity index (χ4v) is 0.712. The van der Waals surface area contributed by atoms with Gasteiger partial charge in [0.25, 0.3) is 23.6 Å². The molecule has 2 aliphatic rings. The first-order valence-electron chi connectivity index (χ1n) is 4.88. The maximum absolute atomic E-state index is 10.6. The van der Waals surface area contributed by atoms with Crippen LogP contribution in [0.15, 0.2) is 24.3 Å². The first-order valence-corrected chi connectivity index (χ1v) is 4.88. The van der Waals surface area contributed by atoms with Gasteiger partial charge in [-0.2, -0.15) is 13.2 Å². The summed E-state index contributed by atoms with van der Waals surface area (Å²) in [7, 11) is 0. The Labute approximate surface area is 120 Å². The fourth-order valence-electron chi connectivity index (χ4n) is 0.712. The van der Waals surface area contributed by atoms with E-state index in [1.54, 1.807) is 0 Å². The predicted octanol–water partition coefficient (Wildman–Crippen LogP) is -0.807. The Kier molecular flexibility index (Phi) is 8.72. The van der Waals surface area contributed by atoms with Crippen molar-refractivity contribution in [1.29, 1.82) is 0 Å². The molecule has 0 aromatic heterocycles.